The van der Waals surface area contributed by atoms with Crippen molar-refractivity contribution in [2.45, 2.75) is 31.4 Å². The molecule has 3 N–H and O–H groups in total. The number of hydrogen-bond acceptors (Lipinski definition) is 3. The molecule has 0 heterocycles. The minimum atomic E-state index is -0.683. The van der Waals surface area contributed by atoms with Crippen LogP contribution in [0.1, 0.15) is 19.8 Å². The van der Waals surface area contributed by atoms with Crippen LogP contribution in [0.4, 0.5) is 4.39 Å². The van der Waals surface area contributed by atoms with Crippen LogP contribution < -0.4 is 15.8 Å². The molecule has 1 aliphatic carbocycles. The first kappa shape index (κ1) is 15.7. The third kappa shape index (κ3) is 4.08. The smallest absolute Gasteiger partial charge is 0.240 e. The van der Waals surface area contributed by atoms with Gasteiger partial charge in [-0.05, 0) is 31.9 Å². The van der Waals surface area contributed by atoms with E-state index >= 15 is 0 Å². The van der Waals surface area contributed by atoms with Crippen molar-refractivity contribution in [3.8, 4) is 5.75 Å². The van der Waals surface area contributed by atoms with Crippen molar-refractivity contribution in [1.82, 2.24) is 5.32 Å². The van der Waals surface area contributed by atoms with E-state index in [0.717, 1.165) is 12.8 Å². The molecule has 1 amide bonds. The summed E-state index contributed by atoms with van der Waals surface area (Å²) in [6.45, 7) is 2.08. The summed E-state index contributed by atoms with van der Waals surface area (Å²) in [5.74, 6) is -0.382. The zero-order valence-electron chi connectivity index (χ0n) is 10.7. The third-order valence-electron chi connectivity index (χ3n) is 2.96. The summed E-state index contributed by atoms with van der Waals surface area (Å²) in [5.41, 5.74) is 5.06. The highest BCUT2D eigenvalue weighted by atomic mass is 35.5. The summed E-state index contributed by atoms with van der Waals surface area (Å²) in [4.78, 5) is 11.6. The van der Waals surface area contributed by atoms with Crippen LogP contribution in [-0.2, 0) is 4.79 Å². The maximum absolute atomic E-state index is 13.3. The first-order valence-electron chi connectivity index (χ1n) is 6.00. The van der Waals surface area contributed by atoms with Gasteiger partial charge in [-0.15, -0.1) is 12.4 Å². The second kappa shape index (κ2) is 6.21. The van der Waals surface area contributed by atoms with E-state index in [-0.39, 0.29) is 30.2 Å². The molecule has 1 saturated carbocycles. The van der Waals surface area contributed by atoms with Crippen molar-refractivity contribution in [3.63, 3.8) is 0 Å². The first-order chi connectivity index (χ1) is 8.51. The predicted octanol–water partition coefficient (Wildman–Crippen LogP) is 1.62. The molecule has 0 saturated heterocycles. The van der Waals surface area contributed by atoms with Gasteiger partial charge in [0.2, 0.25) is 5.91 Å². The van der Waals surface area contributed by atoms with Crippen molar-refractivity contribution >= 4 is 18.3 Å². The van der Waals surface area contributed by atoms with Gasteiger partial charge in [0, 0.05) is 0 Å². The van der Waals surface area contributed by atoms with Gasteiger partial charge in [-0.1, -0.05) is 12.1 Å². The third-order valence-corrected chi connectivity index (χ3v) is 2.96. The van der Waals surface area contributed by atoms with Crippen molar-refractivity contribution in [2.75, 3.05) is 6.54 Å². The Kier molecular flexibility index (Phi) is 5.14. The fourth-order valence-corrected chi connectivity index (χ4v) is 1.57. The van der Waals surface area contributed by atoms with Crippen molar-refractivity contribution in [3.05, 3.63) is 30.1 Å². The minimum Gasteiger partial charge on any atom is -0.486 e. The van der Waals surface area contributed by atoms with E-state index in [1.165, 1.54) is 6.07 Å². The highest BCUT2D eigenvalue weighted by molar-refractivity contribution is 5.88. The van der Waals surface area contributed by atoms with E-state index in [0.29, 0.717) is 6.54 Å². The maximum Gasteiger partial charge on any atom is 0.240 e. The van der Waals surface area contributed by atoms with E-state index in [2.05, 4.69) is 5.32 Å². The summed E-state index contributed by atoms with van der Waals surface area (Å²) in [7, 11) is 0. The number of halogens is 2. The van der Waals surface area contributed by atoms with Crippen molar-refractivity contribution in [2.24, 2.45) is 5.73 Å². The van der Waals surface area contributed by atoms with Crippen molar-refractivity contribution < 1.29 is 13.9 Å². The maximum atomic E-state index is 13.3. The molecule has 0 aromatic heterocycles. The zero-order valence-corrected chi connectivity index (χ0v) is 11.5. The van der Waals surface area contributed by atoms with E-state index in [9.17, 15) is 9.18 Å². The van der Waals surface area contributed by atoms with Gasteiger partial charge in [-0.2, -0.15) is 0 Å². The number of carbonyl (C=O) groups excluding carboxylic acids is 1. The van der Waals surface area contributed by atoms with Gasteiger partial charge in [0.05, 0.1) is 12.1 Å². The Bertz CT molecular complexity index is 452. The normalized spacial score (nSPS) is 17.0. The number of ether oxygens (including phenoxy) is 1. The van der Waals surface area contributed by atoms with Crippen LogP contribution in [-0.4, -0.2) is 24.1 Å². The Morgan fingerprint density at radius 3 is 2.74 bits per heavy atom. The molecule has 6 heteroatoms. The Balaban J connectivity index is 0.00000180. The van der Waals surface area contributed by atoms with Crippen LogP contribution in [0.3, 0.4) is 0 Å². The lowest BCUT2D eigenvalue weighted by Gasteiger charge is -2.17. The summed E-state index contributed by atoms with van der Waals surface area (Å²) in [5, 5.41) is 2.71. The molecule has 1 unspecified atom stereocenters. The molecule has 19 heavy (non-hydrogen) atoms. The summed E-state index contributed by atoms with van der Waals surface area (Å²) in [6, 6.07) is 6.18. The highest BCUT2D eigenvalue weighted by Gasteiger charge is 2.45. The predicted molar refractivity (Wildman–Crippen MR) is 72.9 cm³/mol. The van der Waals surface area contributed by atoms with Crippen LogP contribution in [0.2, 0.25) is 0 Å². The lowest BCUT2D eigenvalue weighted by Crippen LogP contribution is -2.45. The molecule has 1 aromatic rings. The molecule has 1 aromatic carbocycles. The van der Waals surface area contributed by atoms with E-state index in [1.54, 1.807) is 25.1 Å². The zero-order chi connectivity index (χ0) is 13.2. The fourth-order valence-electron chi connectivity index (χ4n) is 1.57. The number of amides is 1. The molecular formula is C13H18ClFN2O2. The summed E-state index contributed by atoms with van der Waals surface area (Å²) in [6.07, 6.45) is 1.14. The quantitative estimate of drug-likeness (QED) is 0.865. The van der Waals surface area contributed by atoms with Gasteiger partial charge < -0.3 is 15.8 Å². The number of rotatable bonds is 5. The van der Waals surface area contributed by atoms with Crippen LogP contribution >= 0.6 is 12.4 Å². The molecule has 106 valence electrons. The van der Waals surface area contributed by atoms with Crippen LogP contribution in [0.25, 0.3) is 0 Å². The molecular weight excluding hydrogens is 271 g/mol. The second-order valence-electron chi connectivity index (χ2n) is 4.73. The summed E-state index contributed by atoms with van der Waals surface area (Å²) >= 11 is 0. The van der Waals surface area contributed by atoms with E-state index in [1.807, 2.05) is 0 Å². The van der Waals surface area contributed by atoms with Gasteiger partial charge in [-0.3, -0.25) is 4.79 Å². The fraction of sp³-hybridized carbons (Fsp3) is 0.462. The average Bonchev–Trinajstić information content (AvgIpc) is 3.09. The first-order valence-corrected chi connectivity index (χ1v) is 6.00. The largest absolute Gasteiger partial charge is 0.486 e. The SMILES string of the molecule is CC(CNC(=O)C1(N)CC1)Oc1ccccc1F.Cl. The van der Waals surface area contributed by atoms with E-state index < -0.39 is 11.4 Å². The number of nitrogens with one attached hydrogen (secondary N) is 1. The molecule has 0 aliphatic heterocycles. The molecule has 1 atom stereocenters. The molecule has 0 spiro atoms. The standard InChI is InChI=1S/C13H17FN2O2.ClH/c1-9(8-16-12(17)13(15)6-7-13)18-11-5-3-2-4-10(11)14;/h2-5,9H,6-8,15H2,1H3,(H,16,17);1H. The van der Waals surface area contributed by atoms with Gasteiger partial charge in [0.15, 0.2) is 11.6 Å². The van der Waals surface area contributed by atoms with Crippen LogP contribution in [0, 0.1) is 5.82 Å². The van der Waals surface area contributed by atoms with Gasteiger partial charge >= 0.3 is 0 Å². The Morgan fingerprint density at radius 1 is 1.53 bits per heavy atom. The number of carbonyl (C=O) groups is 1. The number of benzene rings is 1. The Labute approximate surface area is 117 Å². The Morgan fingerprint density at radius 2 is 2.16 bits per heavy atom. The molecule has 4 nitrogen and oxygen atoms in total. The lowest BCUT2D eigenvalue weighted by molar-refractivity contribution is -0.123. The average molecular weight is 289 g/mol. The topological polar surface area (TPSA) is 64.4 Å². The van der Waals surface area contributed by atoms with E-state index in [4.69, 9.17) is 10.5 Å². The molecule has 1 fully saturated rings. The minimum absolute atomic E-state index is 0. The molecule has 0 radical (unpaired) electrons. The Hall–Kier alpha value is -1.33. The molecule has 1 aliphatic rings. The van der Waals surface area contributed by atoms with Crippen LogP contribution in [0.5, 0.6) is 5.75 Å². The van der Waals surface area contributed by atoms with Crippen molar-refractivity contribution in [1.29, 1.82) is 0 Å². The second-order valence-corrected chi connectivity index (χ2v) is 4.73. The van der Waals surface area contributed by atoms with Gasteiger partial charge in [0.25, 0.3) is 0 Å². The monoisotopic (exact) mass is 288 g/mol. The van der Waals surface area contributed by atoms with Gasteiger partial charge in [0.1, 0.15) is 6.10 Å². The van der Waals surface area contributed by atoms with Crippen LogP contribution in [0.15, 0.2) is 24.3 Å². The number of nitrogens with two attached hydrogens (primary N) is 1. The number of hydrogen-bond donors (Lipinski definition) is 2. The molecule has 2 rings (SSSR count). The molecule has 0 bridgehead atoms. The highest BCUT2D eigenvalue weighted by Crippen LogP contribution is 2.32. The lowest BCUT2D eigenvalue weighted by atomic mass is 10.2. The number of para-hydroxylation sites is 1. The summed E-state index contributed by atoms with van der Waals surface area (Å²) < 4.78 is 18.7. The van der Waals surface area contributed by atoms with Gasteiger partial charge in [-0.25, -0.2) is 4.39 Å².